The smallest absolute Gasteiger partial charge is 0.326 e. The van der Waals surface area contributed by atoms with Crippen LogP contribution in [0.25, 0.3) is 0 Å². The molecule has 0 saturated heterocycles. The Morgan fingerprint density at radius 3 is 2.16 bits per heavy atom. The lowest BCUT2D eigenvalue weighted by Gasteiger charge is -2.12. The molecule has 6 nitrogen and oxygen atoms in total. The van der Waals surface area contributed by atoms with Gasteiger partial charge < -0.3 is 9.47 Å². The summed E-state index contributed by atoms with van der Waals surface area (Å²) in [5.74, 6) is -0.976. The predicted molar refractivity (Wildman–Crippen MR) is 89.0 cm³/mol. The van der Waals surface area contributed by atoms with Crippen LogP contribution in [0, 0.1) is 0 Å². The Morgan fingerprint density at radius 1 is 0.920 bits per heavy atom. The van der Waals surface area contributed by atoms with Gasteiger partial charge in [-0.05, 0) is 30.3 Å². The molecule has 6 heteroatoms. The second-order valence-corrected chi connectivity index (χ2v) is 5.23. The van der Waals surface area contributed by atoms with Gasteiger partial charge in [-0.25, -0.2) is 0 Å². The maximum absolute atomic E-state index is 12.1. The van der Waals surface area contributed by atoms with Crippen molar-refractivity contribution in [2.45, 2.75) is 0 Å². The number of ether oxygens (including phenoxy) is 2. The summed E-state index contributed by atoms with van der Waals surface area (Å²) in [5, 5.41) is 0. The lowest BCUT2D eigenvalue weighted by molar-refractivity contribution is -0.142. The monoisotopic (exact) mass is 337 g/mol. The van der Waals surface area contributed by atoms with Crippen molar-refractivity contribution in [2.75, 3.05) is 13.2 Å². The molecule has 0 aliphatic carbocycles. The topological polar surface area (TPSA) is 72.9 Å². The van der Waals surface area contributed by atoms with E-state index in [9.17, 15) is 14.4 Å². The molecule has 0 N–H and O–H groups in total. The Kier molecular flexibility index (Phi) is 4.89. The third-order valence-corrected chi connectivity index (χ3v) is 3.55. The second kappa shape index (κ2) is 7.44. The summed E-state index contributed by atoms with van der Waals surface area (Å²) < 4.78 is 10.3. The number of fused-ring (bicyclic) bond motifs is 1. The molecular formula is C19H15NO5. The van der Waals surface area contributed by atoms with Crippen molar-refractivity contribution < 1.29 is 23.9 Å². The lowest BCUT2D eigenvalue weighted by atomic mass is 10.1. The maximum atomic E-state index is 12.1. The van der Waals surface area contributed by atoms with Crippen molar-refractivity contribution >= 4 is 17.8 Å². The molecule has 0 atom stereocenters. The summed E-state index contributed by atoms with van der Waals surface area (Å²) in [6, 6.07) is 15.6. The molecule has 0 aromatic heterocycles. The van der Waals surface area contributed by atoms with Crippen molar-refractivity contribution in [2.24, 2.45) is 0 Å². The maximum Gasteiger partial charge on any atom is 0.326 e. The number of carbonyl (C=O) groups excluding carboxylic acids is 3. The molecule has 0 radical (unpaired) electrons. The molecule has 1 aliphatic heterocycles. The number of rotatable bonds is 6. The minimum Gasteiger partial charge on any atom is -0.465 e. The molecule has 0 fully saturated rings. The Morgan fingerprint density at radius 2 is 1.52 bits per heavy atom. The SMILES string of the molecule is O=C(CN1C(=O)c2ccccc2C1=O)OC/C=C/Oc1ccccc1. The molecule has 2 aromatic rings. The van der Waals surface area contributed by atoms with E-state index in [1.807, 2.05) is 18.2 Å². The van der Waals surface area contributed by atoms with E-state index in [0.29, 0.717) is 16.9 Å². The highest BCUT2D eigenvalue weighted by Gasteiger charge is 2.36. The summed E-state index contributed by atoms with van der Waals surface area (Å²) in [5.41, 5.74) is 0.605. The van der Waals surface area contributed by atoms with Crippen LogP contribution in [-0.4, -0.2) is 35.8 Å². The second-order valence-electron chi connectivity index (χ2n) is 5.23. The molecule has 0 spiro atoms. The van der Waals surface area contributed by atoms with Crippen LogP contribution < -0.4 is 4.74 Å². The summed E-state index contributed by atoms with van der Waals surface area (Å²) in [4.78, 5) is 37.0. The van der Waals surface area contributed by atoms with E-state index in [2.05, 4.69) is 0 Å². The number of esters is 1. The van der Waals surface area contributed by atoms with Gasteiger partial charge in [0.2, 0.25) is 0 Å². The summed E-state index contributed by atoms with van der Waals surface area (Å²) in [7, 11) is 0. The van der Waals surface area contributed by atoms with Gasteiger partial charge in [-0.3, -0.25) is 19.3 Å². The number of nitrogens with zero attached hydrogens (tertiary/aromatic N) is 1. The van der Waals surface area contributed by atoms with Gasteiger partial charge in [-0.2, -0.15) is 0 Å². The first-order valence-electron chi connectivity index (χ1n) is 7.64. The van der Waals surface area contributed by atoms with E-state index in [4.69, 9.17) is 9.47 Å². The Bertz CT molecular complexity index is 794. The molecule has 1 aliphatic rings. The Hall–Kier alpha value is -3.41. The first-order valence-corrected chi connectivity index (χ1v) is 7.64. The number of amides is 2. The molecule has 2 amide bonds. The van der Waals surface area contributed by atoms with Crippen LogP contribution in [0.15, 0.2) is 66.9 Å². The zero-order valence-corrected chi connectivity index (χ0v) is 13.3. The first-order chi connectivity index (χ1) is 12.2. The number of carbonyl (C=O) groups is 3. The Labute approximate surface area is 144 Å². The van der Waals surface area contributed by atoms with E-state index in [-0.39, 0.29) is 6.61 Å². The molecule has 1 heterocycles. The third-order valence-electron chi connectivity index (χ3n) is 3.55. The predicted octanol–water partition coefficient (Wildman–Crippen LogP) is 2.42. The van der Waals surface area contributed by atoms with Crippen LogP contribution >= 0.6 is 0 Å². The van der Waals surface area contributed by atoms with Crippen LogP contribution in [-0.2, 0) is 9.53 Å². The molecule has 0 unspecified atom stereocenters. The van der Waals surface area contributed by atoms with Gasteiger partial charge in [0.25, 0.3) is 11.8 Å². The average molecular weight is 337 g/mol. The number of para-hydroxylation sites is 1. The van der Waals surface area contributed by atoms with Crippen LogP contribution in [0.4, 0.5) is 0 Å². The fourth-order valence-electron chi connectivity index (χ4n) is 2.36. The van der Waals surface area contributed by atoms with Crippen LogP contribution in [0.1, 0.15) is 20.7 Å². The minimum absolute atomic E-state index is 0.0190. The van der Waals surface area contributed by atoms with Crippen LogP contribution in [0.2, 0.25) is 0 Å². The summed E-state index contributed by atoms with van der Waals surface area (Å²) in [6.07, 6.45) is 2.93. The van der Waals surface area contributed by atoms with Gasteiger partial charge in [-0.1, -0.05) is 30.3 Å². The van der Waals surface area contributed by atoms with E-state index in [1.54, 1.807) is 36.4 Å². The molecule has 126 valence electrons. The third kappa shape index (κ3) is 3.74. The summed E-state index contributed by atoms with van der Waals surface area (Å²) >= 11 is 0. The highest BCUT2D eigenvalue weighted by Crippen LogP contribution is 2.22. The van der Waals surface area contributed by atoms with Crippen LogP contribution in [0.3, 0.4) is 0 Å². The average Bonchev–Trinajstić information content (AvgIpc) is 2.88. The number of benzene rings is 2. The molecule has 0 saturated carbocycles. The van der Waals surface area contributed by atoms with Crippen molar-refractivity contribution in [3.8, 4) is 5.75 Å². The van der Waals surface area contributed by atoms with E-state index >= 15 is 0 Å². The van der Waals surface area contributed by atoms with Crippen molar-refractivity contribution in [1.82, 2.24) is 4.90 Å². The number of hydrogen-bond acceptors (Lipinski definition) is 5. The molecule has 25 heavy (non-hydrogen) atoms. The highest BCUT2D eigenvalue weighted by molar-refractivity contribution is 6.22. The molecule has 3 rings (SSSR count). The van der Waals surface area contributed by atoms with Gasteiger partial charge in [-0.15, -0.1) is 0 Å². The standard InChI is InChI=1S/C19H15NO5/c21-17(25-12-6-11-24-14-7-2-1-3-8-14)13-20-18(22)15-9-4-5-10-16(15)19(20)23/h1-11H,12-13H2/b11-6+. The van der Waals surface area contributed by atoms with E-state index in [0.717, 1.165) is 4.90 Å². The summed E-state index contributed by atoms with van der Waals surface area (Å²) in [6.45, 7) is -0.436. The molecule has 0 bridgehead atoms. The van der Waals surface area contributed by atoms with Gasteiger partial charge in [0, 0.05) is 0 Å². The van der Waals surface area contributed by atoms with E-state index < -0.39 is 24.3 Å². The number of imide groups is 1. The van der Waals surface area contributed by atoms with Gasteiger partial charge in [0.15, 0.2) is 0 Å². The van der Waals surface area contributed by atoms with Crippen LogP contribution in [0.5, 0.6) is 5.75 Å². The Balaban J connectivity index is 1.47. The molecular weight excluding hydrogens is 322 g/mol. The zero-order valence-electron chi connectivity index (χ0n) is 13.3. The van der Waals surface area contributed by atoms with Gasteiger partial charge in [0.05, 0.1) is 17.4 Å². The van der Waals surface area contributed by atoms with Crippen molar-refractivity contribution in [1.29, 1.82) is 0 Å². The fourth-order valence-corrected chi connectivity index (χ4v) is 2.36. The fraction of sp³-hybridized carbons (Fsp3) is 0.105. The number of hydrogen-bond donors (Lipinski definition) is 0. The van der Waals surface area contributed by atoms with Gasteiger partial charge in [0.1, 0.15) is 18.9 Å². The van der Waals surface area contributed by atoms with Crippen molar-refractivity contribution in [3.05, 3.63) is 78.1 Å². The largest absolute Gasteiger partial charge is 0.465 e. The van der Waals surface area contributed by atoms with E-state index in [1.165, 1.54) is 12.3 Å². The quantitative estimate of drug-likeness (QED) is 0.460. The highest BCUT2D eigenvalue weighted by atomic mass is 16.5. The normalized spacial score (nSPS) is 13.2. The lowest BCUT2D eigenvalue weighted by Crippen LogP contribution is -2.35. The van der Waals surface area contributed by atoms with Gasteiger partial charge >= 0.3 is 5.97 Å². The minimum atomic E-state index is -0.668. The zero-order chi connectivity index (χ0) is 17.6. The van der Waals surface area contributed by atoms with Crippen molar-refractivity contribution in [3.63, 3.8) is 0 Å². The first kappa shape index (κ1) is 16.4. The molecule has 2 aromatic carbocycles.